The van der Waals surface area contributed by atoms with Gasteiger partial charge in [-0.3, -0.25) is 0 Å². The van der Waals surface area contributed by atoms with Crippen LogP contribution in [0.3, 0.4) is 0 Å². The fraction of sp³-hybridized carbons (Fsp3) is 1.00. The summed E-state index contributed by atoms with van der Waals surface area (Å²) in [5, 5.41) is 0. The molecular formula is C8H10F6. The first kappa shape index (κ1) is 11.7. The highest BCUT2D eigenvalue weighted by molar-refractivity contribution is 5.02. The van der Waals surface area contributed by atoms with Crippen molar-refractivity contribution in [1.29, 1.82) is 0 Å². The van der Waals surface area contributed by atoms with E-state index in [2.05, 4.69) is 0 Å². The maximum atomic E-state index is 12.4. The second kappa shape index (κ2) is 3.03. The van der Waals surface area contributed by atoms with Crippen LogP contribution in [0.2, 0.25) is 0 Å². The van der Waals surface area contributed by atoms with Crippen LogP contribution in [0.1, 0.15) is 26.2 Å². The van der Waals surface area contributed by atoms with Gasteiger partial charge < -0.3 is 0 Å². The van der Waals surface area contributed by atoms with Gasteiger partial charge in [-0.05, 0) is 19.3 Å². The topological polar surface area (TPSA) is 0 Å². The zero-order valence-corrected chi connectivity index (χ0v) is 7.47. The van der Waals surface area contributed by atoms with Crippen LogP contribution >= 0.6 is 0 Å². The molecule has 1 fully saturated rings. The summed E-state index contributed by atoms with van der Waals surface area (Å²) in [6, 6.07) is 0. The zero-order chi connectivity index (χ0) is 11.2. The van der Waals surface area contributed by atoms with Gasteiger partial charge in [-0.15, -0.1) is 0 Å². The molecule has 0 saturated heterocycles. The molecule has 0 spiro atoms. The van der Waals surface area contributed by atoms with Crippen molar-refractivity contribution in [1.82, 2.24) is 0 Å². The predicted molar refractivity (Wildman–Crippen MR) is 37.6 cm³/mol. The molecule has 2 atom stereocenters. The van der Waals surface area contributed by atoms with Crippen molar-refractivity contribution < 1.29 is 26.3 Å². The minimum Gasteiger partial charge on any atom is -0.171 e. The molecule has 0 radical (unpaired) electrons. The second-order valence-corrected chi connectivity index (χ2v) is 3.64. The van der Waals surface area contributed by atoms with E-state index in [4.69, 9.17) is 0 Å². The van der Waals surface area contributed by atoms with Gasteiger partial charge in [-0.2, -0.15) is 26.3 Å². The number of hydrogen-bond donors (Lipinski definition) is 0. The summed E-state index contributed by atoms with van der Waals surface area (Å²) >= 11 is 0. The van der Waals surface area contributed by atoms with Gasteiger partial charge in [0.15, 0.2) is 0 Å². The highest BCUT2D eigenvalue weighted by atomic mass is 19.4. The van der Waals surface area contributed by atoms with E-state index in [0.29, 0.717) is 0 Å². The summed E-state index contributed by atoms with van der Waals surface area (Å²) in [5.41, 5.74) is -2.52. The average Bonchev–Trinajstić information content (AvgIpc) is 1.78. The van der Waals surface area contributed by atoms with Crippen molar-refractivity contribution in [2.45, 2.75) is 38.5 Å². The lowest BCUT2D eigenvalue weighted by atomic mass is 9.57. The summed E-state index contributed by atoms with van der Waals surface area (Å²) in [6.07, 6.45) is -10.8. The summed E-state index contributed by atoms with van der Waals surface area (Å²) < 4.78 is 73.9. The first-order valence-corrected chi connectivity index (χ1v) is 4.28. The highest BCUT2D eigenvalue weighted by Gasteiger charge is 2.69. The van der Waals surface area contributed by atoms with Crippen molar-refractivity contribution >= 4 is 0 Å². The fourth-order valence-corrected chi connectivity index (χ4v) is 2.08. The van der Waals surface area contributed by atoms with Crippen LogP contribution < -0.4 is 0 Å². The third-order valence-corrected chi connectivity index (χ3v) is 3.14. The lowest BCUT2D eigenvalue weighted by Crippen LogP contribution is -2.56. The number of halogens is 6. The minimum atomic E-state index is -4.75. The number of hydrogen-bond acceptors (Lipinski definition) is 0. The van der Waals surface area contributed by atoms with E-state index in [1.807, 2.05) is 0 Å². The Labute approximate surface area is 77.3 Å². The van der Waals surface area contributed by atoms with Crippen LogP contribution in [0.4, 0.5) is 26.3 Å². The lowest BCUT2D eigenvalue weighted by Gasteiger charge is -2.50. The highest BCUT2D eigenvalue weighted by Crippen LogP contribution is 2.63. The Morgan fingerprint density at radius 2 is 1.64 bits per heavy atom. The van der Waals surface area contributed by atoms with E-state index in [-0.39, 0.29) is 0 Å². The summed E-state index contributed by atoms with van der Waals surface area (Å²) in [4.78, 5) is 0. The molecule has 0 N–H and O–H groups in total. The third-order valence-electron chi connectivity index (χ3n) is 3.14. The smallest absolute Gasteiger partial charge is 0.171 e. The molecule has 0 aromatic heterocycles. The van der Waals surface area contributed by atoms with Crippen molar-refractivity contribution in [2.75, 3.05) is 0 Å². The molecule has 0 nitrogen and oxygen atoms in total. The van der Waals surface area contributed by atoms with Gasteiger partial charge in [0.25, 0.3) is 0 Å². The molecule has 1 saturated carbocycles. The van der Waals surface area contributed by atoms with Crippen molar-refractivity contribution in [3.8, 4) is 0 Å². The normalized spacial score (nSPS) is 34.1. The molecule has 0 heterocycles. The molecule has 0 aliphatic heterocycles. The average molecular weight is 220 g/mol. The number of rotatable bonds is 1. The van der Waals surface area contributed by atoms with Crippen LogP contribution in [0.15, 0.2) is 0 Å². The van der Waals surface area contributed by atoms with E-state index >= 15 is 0 Å². The van der Waals surface area contributed by atoms with Gasteiger partial charge in [-0.1, -0.05) is 6.92 Å². The van der Waals surface area contributed by atoms with Crippen LogP contribution in [-0.2, 0) is 0 Å². The predicted octanol–water partition coefficient (Wildman–Crippen LogP) is 3.92. The fourth-order valence-electron chi connectivity index (χ4n) is 2.08. The van der Waals surface area contributed by atoms with Gasteiger partial charge in [0.05, 0.1) is 11.3 Å². The molecule has 1 rings (SSSR count). The molecular weight excluding hydrogens is 210 g/mol. The summed E-state index contributed by atoms with van der Waals surface area (Å²) in [7, 11) is 0. The first-order valence-electron chi connectivity index (χ1n) is 4.28. The Morgan fingerprint density at radius 1 is 1.14 bits per heavy atom. The van der Waals surface area contributed by atoms with E-state index in [1.54, 1.807) is 0 Å². The SMILES string of the molecule is CCC1(C(F)(F)F)CCC1C(F)(F)F. The maximum Gasteiger partial charge on any atom is 0.395 e. The van der Waals surface area contributed by atoms with E-state index in [1.165, 1.54) is 0 Å². The third kappa shape index (κ3) is 1.48. The summed E-state index contributed by atoms with van der Waals surface area (Å²) in [5.74, 6) is -2.21. The molecule has 6 heteroatoms. The van der Waals surface area contributed by atoms with E-state index in [9.17, 15) is 26.3 Å². The molecule has 1 aliphatic rings. The number of alkyl halides is 6. The van der Waals surface area contributed by atoms with Gasteiger partial charge in [0.1, 0.15) is 0 Å². The molecule has 1 aliphatic carbocycles. The molecule has 2 unspecified atom stereocenters. The van der Waals surface area contributed by atoms with Gasteiger partial charge in [0.2, 0.25) is 0 Å². The van der Waals surface area contributed by atoms with Gasteiger partial charge in [0, 0.05) is 0 Å². The largest absolute Gasteiger partial charge is 0.395 e. The molecule has 0 bridgehead atoms. The lowest BCUT2D eigenvalue weighted by molar-refractivity contribution is -0.336. The molecule has 0 amide bonds. The van der Waals surface area contributed by atoms with Crippen molar-refractivity contribution in [3.05, 3.63) is 0 Å². The molecule has 0 aromatic rings. The van der Waals surface area contributed by atoms with E-state index in [0.717, 1.165) is 6.92 Å². The molecule has 14 heavy (non-hydrogen) atoms. The quantitative estimate of drug-likeness (QED) is 0.587. The minimum absolute atomic E-state index is 0.406. The molecule has 0 aromatic carbocycles. The Balaban J connectivity index is 2.94. The second-order valence-electron chi connectivity index (χ2n) is 3.64. The first-order chi connectivity index (χ1) is 6.15. The maximum absolute atomic E-state index is 12.4. The van der Waals surface area contributed by atoms with Crippen LogP contribution in [0, 0.1) is 11.3 Å². The van der Waals surface area contributed by atoms with Crippen LogP contribution in [0.25, 0.3) is 0 Å². The van der Waals surface area contributed by atoms with Gasteiger partial charge >= 0.3 is 12.4 Å². The van der Waals surface area contributed by atoms with Crippen molar-refractivity contribution in [2.24, 2.45) is 11.3 Å². The Kier molecular flexibility index (Phi) is 2.53. The Bertz CT molecular complexity index is 211. The standard InChI is InChI=1S/C8H10F6/c1-2-6(8(12,13)14)4-3-5(6)7(9,10)11/h5H,2-4H2,1H3. The Hall–Kier alpha value is -0.420. The zero-order valence-electron chi connectivity index (χ0n) is 7.47. The van der Waals surface area contributed by atoms with Gasteiger partial charge in [-0.25, -0.2) is 0 Å². The molecule has 84 valence electrons. The van der Waals surface area contributed by atoms with Crippen molar-refractivity contribution in [3.63, 3.8) is 0 Å². The summed E-state index contributed by atoms with van der Waals surface area (Å²) in [6.45, 7) is 1.16. The van der Waals surface area contributed by atoms with Crippen LogP contribution in [0.5, 0.6) is 0 Å². The van der Waals surface area contributed by atoms with Crippen LogP contribution in [-0.4, -0.2) is 12.4 Å². The van der Waals surface area contributed by atoms with E-state index < -0.39 is 42.9 Å². The monoisotopic (exact) mass is 220 g/mol. The Morgan fingerprint density at radius 3 is 1.71 bits per heavy atom.